The average molecular weight is 295 g/mol. The van der Waals surface area contributed by atoms with Gasteiger partial charge in [0, 0.05) is 33.2 Å². The number of nitrogens with zero attached hydrogens (tertiary/aromatic N) is 4. The molecular weight excluding hydrogens is 270 g/mol. The minimum Gasteiger partial charge on any atom is -0.349 e. The minimum absolute atomic E-state index is 0.313. The maximum Gasteiger partial charge on any atom is 0.346 e. The standard InChI is InChI=1S/C14H25N5O2/c1-4-5-9-19(10-11-7-6-8-15-11)12-13(20)17(2)14(21)18(3)16-12/h11,15H,4-10H2,1-3H3. The predicted molar refractivity (Wildman–Crippen MR) is 82.9 cm³/mol. The van der Waals surface area contributed by atoms with E-state index in [4.69, 9.17) is 0 Å². The summed E-state index contributed by atoms with van der Waals surface area (Å²) in [5.74, 6) is 0.377. The van der Waals surface area contributed by atoms with Crippen LogP contribution >= 0.6 is 0 Å². The van der Waals surface area contributed by atoms with Crippen LogP contribution in [0.1, 0.15) is 32.6 Å². The smallest absolute Gasteiger partial charge is 0.346 e. The summed E-state index contributed by atoms with van der Waals surface area (Å²) in [6.45, 7) is 4.71. The first kappa shape index (κ1) is 15.8. The second-order valence-corrected chi connectivity index (χ2v) is 5.69. The second kappa shape index (κ2) is 6.89. The minimum atomic E-state index is -0.391. The molecule has 1 atom stereocenters. The Morgan fingerprint density at radius 1 is 1.38 bits per heavy atom. The van der Waals surface area contributed by atoms with Gasteiger partial charge in [-0.05, 0) is 25.8 Å². The Morgan fingerprint density at radius 2 is 2.14 bits per heavy atom. The number of aromatic nitrogens is 3. The van der Waals surface area contributed by atoms with Crippen LogP contribution in [0.4, 0.5) is 5.82 Å². The van der Waals surface area contributed by atoms with E-state index in [-0.39, 0.29) is 5.56 Å². The monoisotopic (exact) mass is 295 g/mol. The van der Waals surface area contributed by atoms with E-state index in [1.165, 1.54) is 18.2 Å². The maximum absolute atomic E-state index is 12.3. The molecule has 7 heteroatoms. The molecule has 0 radical (unpaired) electrons. The van der Waals surface area contributed by atoms with Gasteiger partial charge in [0.1, 0.15) is 0 Å². The number of rotatable bonds is 6. The highest BCUT2D eigenvalue weighted by Crippen LogP contribution is 2.11. The third-order valence-corrected chi connectivity index (χ3v) is 3.99. The topological polar surface area (TPSA) is 72.2 Å². The number of unbranched alkanes of at least 4 members (excludes halogenated alkanes) is 1. The molecule has 1 aromatic rings. The lowest BCUT2D eigenvalue weighted by Crippen LogP contribution is -2.46. The zero-order valence-electron chi connectivity index (χ0n) is 13.1. The SMILES string of the molecule is CCCCN(CC1CCCN1)c1nn(C)c(=O)n(C)c1=O. The summed E-state index contributed by atoms with van der Waals surface area (Å²) in [5, 5.41) is 7.64. The van der Waals surface area contributed by atoms with Crippen molar-refractivity contribution in [2.45, 2.75) is 38.6 Å². The molecule has 0 aromatic carbocycles. The summed E-state index contributed by atoms with van der Waals surface area (Å²) in [6, 6.07) is 0.394. The Hall–Kier alpha value is -1.63. The molecule has 118 valence electrons. The van der Waals surface area contributed by atoms with Gasteiger partial charge in [0.25, 0.3) is 5.56 Å². The zero-order chi connectivity index (χ0) is 15.4. The highest BCUT2D eigenvalue weighted by atomic mass is 16.2. The summed E-state index contributed by atoms with van der Waals surface area (Å²) in [7, 11) is 3.08. The molecule has 0 saturated carbocycles. The van der Waals surface area contributed by atoms with E-state index in [1.54, 1.807) is 7.05 Å². The van der Waals surface area contributed by atoms with Crippen LogP contribution in [0.25, 0.3) is 0 Å². The fourth-order valence-corrected chi connectivity index (χ4v) is 2.69. The molecule has 2 heterocycles. The average Bonchev–Trinajstić information content (AvgIpc) is 2.98. The van der Waals surface area contributed by atoms with Gasteiger partial charge < -0.3 is 10.2 Å². The Kier molecular flexibility index (Phi) is 5.17. The highest BCUT2D eigenvalue weighted by molar-refractivity contribution is 5.35. The van der Waals surface area contributed by atoms with Gasteiger partial charge in [0.2, 0.25) is 5.82 Å². The van der Waals surface area contributed by atoms with E-state index < -0.39 is 5.69 Å². The molecular formula is C14H25N5O2. The Balaban J connectivity index is 2.31. The van der Waals surface area contributed by atoms with E-state index in [0.29, 0.717) is 11.9 Å². The molecule has 7 nitrogen and oxygen atoms in total. The number of anilines is 1. The van der Waals surface area contributed by atoms with Gasteiger partial charge in [0.15, 0.2) is 0 Å². The van der Waals surface area contributed by atoms with Gasteiger partial charge in [-0.15, -0.1) is 5.10 Å². The number of nitrogens with one attached hydrogen (secondary N) is 1. The highest BCUT2D eigenvalue weighted by Gasteiger charge is 2.22. The van der Waals surface area contributed by atoms with Crippen LogP contribution < -0.4 is 21.5 Å². The Morgan fingerprint density at radius 3 is 2.76 bits per heavy atom. The van der Waals surface area contributed by atoms with Crippen molar-refractivity contribution in [3.05, 3.63) is 20.8 Å². The van der Waals surface area contributed by atoms with E-state index in [0.717, 1.165) is 43.5 Å². The van der Waals surface area contributed by atoms with E-state index in [9.17, 15) is 9.59 Å². The first-order chi connectivity index (χ1) is 10.0. The van der Waals surface area contributed by atoms with Crippen molar-refractivity contribution in [3.63, 3.8) is 0 Å². The molecule has 21 heavy (non-hydrogen) atoms. The fraction of sp³-hybridized carbons (Fsp3) is 0.786. The molecule has 0 spiro atoms. The first-order valence-corrected chi connectivity index (χ1v) is 7.67. The van der Waals surface area contributed by atoms with Crippen molar-refractivity contribution in [2.24, 2.45) is 14.1 Å². The summed E-state index contributed by atoms with van der Waals surface area (Å²) in [4.78, 5) is 26.1. The van der Waals surface area contributed by atoms with Crippen molar-refractivity contribution >= 4 is 5.82 Å². The van der Waals surface area contributed by atoms with Gasteiger partial charge in [0.05, 0.1) is 0 Å². The molecule has 1 aromatic heterocycles. The van der Waals surface area contributed by atoms with E-state index in [2.05, 4.69) is 17.3 Å². The lowest BCUT2D eigenvalue weighted by atomic mass is 10.2. The molecule has 1 aliphatic heterocycles. The van der Waals surface area contributed by atoms with Crippen LogP contribution in [0, 0.1) is 0 Å². The third kappa shape index (κ3) is 3.53. The molecule has 0 aliphatic carbocycles. The largest absolute Gasteiger partial charge is 0.349 e. The molecule has 1 aliphatic rings. The van der Waals surface area contributed by atoms with Crippen LogP contribution in [-0.2, 0) is 14.1 Å². The molecule has 1 unspecified atom stereocenters. The summed E-state index contributed by atoms with van der Waals surface area (Å²) >= 11 is 0. The van der Waals surface area contributed by atoms with Gasteiger partial charge in [-0.1, -0.05) is 13.3 Å². The van der Waals surface area contributed by atoms with Gasteiger partial charge >= 0.3 is 5.69 Å². The number of aryl methyl sites for hydroxylation is 1. The van der Waals surface area contributed by atoms with Crippen LogP contribution in [0.3, 0.4) is 0 Å². The van der Waals surface area contributed by atoms with Crippen molar-refractivity contribution in [1.29, 1.82) is 0 Å². The molecule has 2 rings (SSSR count). The molecule has 1 N–H and O–H groups in total. The quantitative estimate of drug-likeness (QED) is 0.789. The first-order valence-electron chi connectivity index (χ1n) is 7.67. The Bertz CT molecular complexity index is 586. The fourth-order valence-electron chi connectivity index (χ4n) is 2.69. The summed E-state index contributed by atoms with van der Waals surface area (Å²) in [6.07, 6.45) is 4.35. The molecule has 1 saturated heterocycles. The molecule has 0 bridgehead atoms. The van der Waals surface area contributed by atoms with Gasteiger partial charge in [-0.2, -0.15) is 0 Å². The zero-order valence-corrected chi connectivity index (χ0v) is 13.1. The van der Waals surface area contributed by atoms with Crippen molar-refractivity contribution in [1.82, 2.24) is 19.7 Å². The van der Waals surface area contributed by atoms with Crippen LogP contribution in [0.2, 0.25) is 0 Å². The Labute approximate surface area is 124 Å². The summed E-state index contributed by atoms with van der Waals surface area (Å²) < 4.78 is 2.36. The molecule has 0 amide bonds. The molecule has 1 fully saturated rings. The van der Waals surface area contributed by atoms with Crippen molar-refractivity contribution in [3.8, 4) is 0 Å². The van der Waals surface area contributed by atoms with Crippen molar-refractivity contribution in [2.75, 3.05) is 24.5 Å². The lowest BCUT2D eigenvalue weighted by Gasteiger charge is -2.26. The number of hydrogen-bond acceptors (Lipinski definition) is 5. The van der Waals surface area contributed by atoms with Crippen LogP contribution in [-0.4, -0.2) is 40.0 Å². The summed E-state index contributed by atoms with van der Waals surface area (Å²) in [5.41, 5.74) is -0.703. The van der Waals surface area contributed by atoms with E-state index in [1.807, 2.05) is 4.90 Å². The number of hydrogen-bond donors (Lipinski definition) is 1. The van der Waals surface area contributed by atoms with Gasteiger partial charge in [-0.3, -0.25) is 9.36 Å². The van der Waals surface area contributed by atoms with Gasteiger partial charge in [-0.25, -0.2) is 9.48 Å². The van der Waals surface area contributed by atoms with Crippen LogP contribution in [0.5, 0.6) is 0 Å². The predicted octanol–water partition coefficient (Wildman–Crippen LogP) is -0.162. The lowest BCUT2D eigenvalue weighted by molar-refractivity contribution is 0.542. The maximum atomic E-state index is 12.3. The van der Waals surface area contributed by atoms with Crippen molar-refractivity contribution < 1.29 is 0 Å². The van der Waals surface area contributed by atoms with Crippen LogP contribution in [0.15, 0.2) is 9.59 Å². The van der Waals surface area contributed by atoms with E-state index >= 15 is 0 Å². The third-order valence-electron chi connectivity index (χ3n) is 3.99. The second-order valence-electron chi connectivity index (χ2n) is 5.69. The normalized spacial score (nSPS) is 18.1.